The number of fused-ring (bicyclic) bond motifs is 1. The normalized spacial score (nSPS) is 13.1. The molecule has 2 aromatic rings. The number of carboxylic acids is 1. The summed E-state index contributed by atoms with van der Waals surface area (Å²) in [7, 11) is 0. The lowest BCUT2D eigenvalue weighted by molar-refractivity contribution is -0.138. The van der Waals surface area contributed by atoms with Crippen LogP contribution in [-0.2, 0) is 11.2 Å². The Balaban J connectivity index is 1.51. The molecule has 0 saturated carbocycles. The molecule has 2 heterocycles. The summed E-state index contributed by atoms with van der Waals surface area (Å²) in [4.78, 5) is 15.7. The number of rotatable bonds is 7. The second-order valence-corrected chi connectivity index (χ2v) is 8.50. The van der Waals surface area contributed by atoms with Gasteiger partial charge in [-0.05, 0) is 26.0 Å². The van der Waals surface area contributed by atoms with Gasteiger partial charge in [-0.3, -0.25) is 4.79 Å². The van der Waals surface area contributed by atoms with Crippen LogP contribution in [0.25, 0.3) is 0 Å². The van der Waals surface area contributed by atoms with E-state index in [0.717, 1.165) is 40.2 Å². The smallest absolute Gasteiger partial charge is 0.319 e. The first-order valence-corrected chi connectivity index (χ1v) is 9.14. The second kappa shape index (κ2) is 6.90. The second-order valence-electron chi connectivity index (χ2n) is 5.77. The number of nitrogens with one attached hydrogen (secondary N) is 1. The molecule has 1 aromatic carbocycles. The van der Waals surface area contributed by atoms with Crippen molar-refractivity contribution in [3.63, 3.8) is 0 Å². The summed E-state index contributed by atoms with van der Waals surface area (Å²) in [6, 6.07) is 5.75. The number of aromatic nitrogens is 1. The largest absolute Gasteiger partial charge is 0.480 e. The molecule has 3 rings (SSSR count). The monoisotopic (exact) mass is 366 g/mol. The Morgan fingerprint density at radius 2 is 2.21 bits per heavy atom. The van der Waals surface area contributed by atoms with Crippen molar-refractivity contribution in [2.75, 3.05) is 18.7 Å². The minimum Gasteiger partial charge on any atom is -0.480 e. The van der Waals surface area contributed by atoms with E-state index in [2.05, 4.69) is 10.3 Å². The Morgan fingerprint density at radius 1 is 1.42 bits per heavy atom. The van der Waals surface area contributed by atoms with Gasteiger partial charge in [-0.25, -0.2) is 4.98 Å². The molecule has 0 saturated heterocycles. The summed E-state index contributed by atoms with van der Waals surface area (Å²) in [5, 5.41) is 14.5. The predicted octanol–water partition coefficient (Wildman–Crippen LogP) is 3.48. The van der Waals surface area contributed by atoms with E-state index >= 15 is 0 Å². The lowest BCUT2D eigenvalue weighted by Gasteiger charge is -2.15. The fourth-order valence-corrected chi connectivity index (χ4v) is 4.28. The highest BCUT2D eigenvalue weighted by molar-refractivity contribution is 8.02. The molecule has 8 heteroatoms. The first-order valence-electron chi connectivity index (χ1n) is 7.44. The number of carbonyl (C=O) groups is 1. The van der Waals surface area contributed by atoms with Crippen molar-refractivity contribution in [1.29, 1.82) is 0 Å². The van der Waals surface area contributed by atoms with Crippen LogP contribution in [0.15, 0.2) is 27.9 Å². The highest BCUT2D eigenvalue weighted by Gasteiger charge is 2.29. The molecule has 0 bridgehead atoms. The SMILES string of the molecule is CC(C)(Sc1nc(CCNc2ccc3c(c2)OCO3)cs1)C(=O)O. The summed E-state index contributed by atoms with van der Waals surface area (Å²) in [5.41, 5.74) is 1.92. The van der Waals surface area contributed by atoms with Crippen LogP contribution < -0.4 is 14.8 Å². The zero-order valence-corrected chi connectivity index (χ0v) is 15.0. The van der Waals surface area contributed by atoms with Gasteiger partial charge in [0.15, 0.2) is 15.8 Å². The molecule has 0 spiro atoms. The van der Waals surface area contributed by atoms with E-state index < -0.39 is 10.7 Å². The molecule has 0 unspecified atom stereocenters. The Labute approximate surface area is 148 Å². The van der Waals surface area contributed by atoms with Crippen molar-refractivity contribution >= 4 is 34.8 Å². The maximum absolute atomic E-state index is 11.2. The molecule has 0 aliphatic carbocycles. The van der Waals surface area contributed by atoms with Gasteiger partial charge in [0.05, 0.1) is 5.69 Å². The van der Waals surface area contributed by atoms with Crippen LogP contribution in [0.2, 0.25) is 0 Å². The summed E-state index contributed by atoms with van der Waals surface area (Å²) in [5.74, 6) is 0.680. The van der Waals surface area contributed by atoms with Crippen LogP contribution in [0.3, 0.4) is 0 Å². The number of hydrogen-bond donors (Lipinski definition) is 2. The maximum atomic E-state index is 11.2. The topological polar surface area (TPSA) is 80.7 Å². The molecule has 24 heavy (non-hydrogen) atoms. The average Bonchev–Trinajstić information content (AvgIpc) is 3.15. The van der Waals surface area contributed by atoms with Gasteiger partial charge in [-0.15, -0.1) is 11.3 Å². The predicted molar refractivity (Wildman–Crippen MR) is 94.4 cm³/mol. The Hall–Kier alpha value is -1.93. The van der Waals surface area contributed by atoms with Gasteiger partial charge in [0.2, 0.25) is 6.79 Å². The fourth-order valence-electron chi connectivity index (χ4n) is 2.05. The molecule has 0 fully saturated rings. The van der Waals surface area contributed by atoms with E-state index in [1.807, 2.05) is 23.6 Å². The number of anilines is 1. The third-order valence-electron chi connectivity index (χ3n) is 3.47. The fraction of sp³-hybridized carbons (Fsp3) is 0.375. The number of hydrogen-bond acceptors (Lipinski definition) is 7. The Bertz CT molecular complexity index is 745. The quantitative estimate of drug-likeness (QED) is 0.726. The van der Waals surface area contributed by atoms with Crippen molar-refractivity contribution < 1.29 is 19.4 Å². The number of nitrogens with zero attached hydrogens (tertiary/aromatic N) is 1. The van der Waals surface area contributed by atoms with Crippen molar-refractivity contribution in [3.8, 4) is 11.5 Å². The maximum Gasteiger partial charge on any atom is 0.319 e. The number of carboxylic acid groups (broad SMARTS) is 1. The molecule has 0 atom stereocenters. The van der Waals surface area contributed by atoms with Gasteiger partial charge in [-0.1, -0.05) is 11.8 Å². The molecule has 1 aromatic heterocycles. The summed E-state index contributed by atoms with van der Waals surface area (Å²) >= 11 is 2.76. The van der Waals surface area contributed by atoms with Gasteiger partial charge in [0.25, 0.3) is 0 Å². The summed E-state index contributed by atoms with van der Waals surface area (Å²) < 4.78 is 10.5. The lowest BCUT2D eigenvalue weighted by Crippen LogP contribution is -2.26. The van der Waals surface area contributed by atoms with Crippen LogP contribution in [0.1, 0.15) is 19.5 Å². The molecule has 6 nitrogen and oxygen atoms in total. The molecular formula is C16H18N2O4S2. The van der Waals surface area contributed by atoms with Gasteiger partial charge >= 0.3 is 5.97 Å². The van der Waals surface area contributed by atoms with E-state index in [0.29, 0.717) is 0 Å². The van der Waals surface area contributed by atoms with E-state index in [-0.39, 0.29) is 6.79 Å². The zero-order chi connectivity index (χ0) is 17.2. The number of thiazole rings is 1. The van der Waals surface area contributed by atoms with Gasteiger partial charge in [0.1, 0.15) is 4.75 Å². The van der Waals surface area contributed by atoms with Crippen molar-refractivity contribution in [2.24, 2.45) is 0 Å². The van der Waals surface area contributed by atoms with Crippen LogP contribution >= 0.6 is 23.1 Å². The zero-order valence-electron chi connectivity index (χ0n) is 13.4. The van der Waals surface area contributed by atoms with E-state index in [4.69, 9.17) is 9.47 Å². The van der Waals surface area contributed by atoms with Gasteiger partial charge in [0, 0.05) is 30.1 Å². The van der Waals surface area contributed by atoms with Gasteiger partial charge in [-0.2, -0.15) is 0 Å². The standard InChI is InChI=1S/C16H18N2O4S2/c1-16(2,14(19)20)24-15-18-11(8-23-15)5-6-17-10-3-4-12-13(7-10)22-9-21-12/h3-4,7-8,17H,5-6,9H2,1-2H3,(H,19,20). The van der Waals surface area contributed by atoms with Crippen LogP contribution in [-0.4, -0.2) is 34.1 Å². The summed E-state index contributed by atoms with van der Waals surface area (Å²) in [6.07, 6.45) is 0.763. The van der Waals surface area contributed by atoms with Gasteiger partial charge < -0.3 is 19.9 Å². The molecule has 1 aliphatic rings. The third-order valence-corrected chi connectivity index (χ3v) is 5.64. The number of aliphatic carboxylic acids is 1. The van der Waals surface area contributed by atoms with Crippen molar-refractivity contribution in [3.05, 3.63) is 29.3 Å². The average molecular weight is 366 g/mol. The number of ether oxygens (including phenoxy) is 2. The molecule has 128 valence electrons. The van der Waals surface area contributed by atoms with Crippen molar-refractivity contribution in [2.45, 2.75) is 29.4 Å². The Kier molecular flexibility index (Phi) is 4.86. The van der Waals surface area contributed by atoms with E-state index in [9.17, 15) is 9.90 Å². The molecule has 0 radical (unpaired) electrons. The van der Waals surface area contributed by atoms with E-state index in [1.54, 1.807) is 13.8 Å². The molecule has 1 aliphatic heterocycles. The minimum absolute atomic E-state index is 0.269. The third kappa shape index (κ3) is 3.93. The first kappa shape index (κ1) is 16.9. The lowest BCUT2D eigenvalue weighted by atomic mass is 10.2. The number of thioether (sulfide) groups is 1. The molecule has 2 N–H and O–H groups in total. The van der Waals surface area contributed by atoms with Crippen molar-refractivity contribution in [1.82, 2.24) is 4.98 Å². The Morgan fingerprint density at radius 3 is 3.00 bits per heavy atom. The van der Waals surface area contributed by atoms with Crippen LogP contribution in [0, 0.1) is 0 Å². The molecule has 0 amide bonds. The molecular weight excluding hydrogens is 348 g/mol. The first-order chi connectivity index (χ1) is 11.4. The van der Waals surface area contributed by atoms with Crippen LogP contribution in [0.4, 0.5) is 5.69 Å². The van der Waals surface area contributed by atoms with Crippen LogP contribution in [0.5, 0.6) is 11.5 Å². The van der Waals surface area contributed by atoms with E-state index in [1.165, 1.54) is 23.1 Å². The highest BCUT2D eigenvalue weighted by atomic mass is 32.2. The highest BCUT2D eigenvalue weighted by Crippen LogP contribution is 2.35. The number of benzene rings is 1. The summed E-state index contributed by atoms with van der Waals surface area (Å²) in [6.45, 7) is 4.37. The minimum atomic E-state index is -0.875.